The van der Waals surface area contributed by atoms with Crippen LogP contribution in [0.3, 0.4) is 0 Å². The average molecular weight is 458 g/mol. The number of rotatable bonds is 7. The minimum atomic E-state index is -1.42. The van der Waals surface area contributed by atoms with E-state index in [1.807, 2.05) is 0 Å². The lowest BCUT2D eigenvalue weighted by atomic mass is 9.92. The number of hydrogen-bond donors (Lipinski definition) is 0. The third kappa shape index (κ3) is 5.32. The molecule has 0 spiro atoms. The molecule has 2 aromatic carbocycles. The maximum atomic E-state index is 12.0. The van der Waals surface area contributed by atoms with Crippen molar-refractivity contribution in [2.24, 2.45) is 0 Å². The lowest BCUT2D eigenvalue weighted by molar-refractivity contribution is -0.237. The molecule has 1 aliphatic rings. The van der Waals surface area contributed by atoms with Crippen LogP contribution in [0.2, 0.25) is 0 Å². The van der Waals surface area contributed by atoms with Gasteiger partial charge in [0.2, 0.25) is 5.79 Å². The Morgan fingerprint density at radius 1 is 0.970 bits per heavy atom. The van der Waals surface area contributed by atoms with Gasteiger partial charge < -0.3 is 28.4 Å². The lowest BCUT2D eigenvalue weighted by Crippen LogP contribution is -2.40. The van der Waals surface area contributed by atoms with Crippen LogP contribution in [0.15, 0.2) is 42.2 Å². The van der Waals surface area contributed by atoms with Gasteiger partial charge in [-0.15, -0.1) is 0 Å². The van der Waals surface area contributed by atoms with Gasteiger partial charge in [-0.3, -0.25) is 14.4 Å². The molecule has 0 N–H and O–H groups in total. The van der Waals surface area contributed by atoms with Crippen molar-refractivity contribution < 1.29 is 42.8 Å². The Kier molecular flexibility index (Phi) is 7.35. The zero-order chi connectivity index (χ0) is 24.2. The van der Waals surface area contributed by atoms with Crippen LogP contribution in [0.1, 0.15) is 32.8 Å². The van der Waals surface area contributed by atoms with Crippen molar-refractivity contribution in [2.75, 3.05) is 20.8 Å². The second-order valence-corrected chi connectivity index (χ2v) is 7.43. The Labute approximate surface area is 191 Å². The van der Waals surface area contributed by atoms with Gasteiger partial charge in [-0.25, -0.2) is 0 Å². The normalized spacial score (nSPS) is 19.9. The number of carbonyl (C=O) groups is 3. The molecule has 0 fully saturated rings. The van der Waals surface area contributed by atoms with E-state index >= 15 is 0 Å². The van der Waals surface area contributed by atoms with Gasteiger partial charge in [-0.2, -0.15) is 0 Å². The number of carbonyl (C=O) groups excluding carboxylic acids is 3. The Morgan fingerprint density at radius 3 is 2.30 bits per heavy atom. The van der Waals surface area contributed by atoms with E-state index in [2.05, 4.69) is 0 Å². The van der Waals surface area contributed by atoms with Gasteiger partial charge >= 0.3 is 17.9 Å². The van der Waals surface area contributed by atoms with Crippen LogP contribution in [0.5, 0.6) is 11.5 Å². The van der Waals surface area contributed by atoms with Gasteiger partial charge in [-0.1, -0.05) is 12.1 Å². The third-order valence-electron chi connectivity index (χ3n) is 5.07. The third-order valence-corrected chi connectivity index (χ3v) is 5.07. The van der Waals surface area contributed by atoms with E-state index < -0.39 is 29.8 Å². The Morgan fingerprint density at radius 2 is 1.70 bits per heavy atom. The molecule has 176 valence electrons. The summed E-state index contributed by atoms with van der Waals surface area (Å²) in [7, 11) is 2.99. The highest BCUT2D eigenvalue weighted by Gasteiger charge is 2.44. The summed E-state index contributed by atoms with van der Waals surface area (Å²) in [5.41, 5.74) is 0.420. The van der Waals surface area contributed by atoms with Crippen molar-refractivity contribution in [3.8, 4) is 11.5 Å². The number of esters is 3. The molecule has 9 heteroatoms. The van der Waals surface area contributed by atoms with Gasteiger partial charge in [-0.05, 0) is 24.3 Å². The summed E-state index contributed by atoms with van der Waals surface area (Å²) in [6.45, 7) is 3.76. The van der Waals surface area contributed by atoms with Crippen molar-refractivity contribution in [3.63, 3.8) is 0 Å². The van der Waals surface area contributed by atoms with E-state index in [1.54, 1.807) is 36.4 Å². The van der Waals surface area contributed by atoms with Crippen LogP contribution in [0, 0.1) is 0 Å². The Balaban J connectivity index is 2.18. The van der Waals surface area contributed by atoms with E-state index in [9.17, 15) is 14.4 Å². The van der Waals surface area contributed by atoms with Crippen molar-refractivity contribution in [1.29, 1.82) is 0 Å². The molecule has 0 amide bonds. The zero-order valence-electron chi connectivity index (χ0n) is 19.1. The highest BCUT2D eigenvalue weighted by molar-refractivity contribution is 5.96. The Bertz CT molecular complexity index is 1100. The standard InChI is InChI=1S/C24H26O9/c1-14(25)30-13-18-11-17(28-4)12-24(29-5,33-18)21-10-9-19-20(23(21)32-16(3)27)7-6-8-22(19)31-15(2)26/h6-11,17H,12-13H2,1-5H3/t17-,24+/m1/s1. The van der Waals surface area contributed by atoms with Crippen LogP contribution in [-0.4, -0.2) is 44.8 Å². The molecule has 0 saturated carbocycles. The number of fused-ring (bicyclic) bond motifs is 1. The molecule has 9 nitrogen and oxygen atoms in total. The minimum Gasteiger partial charge on any atom is -0.459 e. The molecule has 2 aromatic rings. The van der Waals surface area contributed by atoms with Gasteiger partial charge in [0.1, 0.15) is 23.9 Å². The second-order valence-electron chi connectivity index (χ2n) is 7.43. The van der Waals surface area contributed by atoms with E-state index in [0.29, 0.717) is 27.8 Å². The molecule has 0 aliphatic carbocycles. The summed E-state index contributed by atoms with van der Waals surface area (Å²) >= 11 is 0. The molecule has 1 heterocycles. The summed E-state index contributed by atoms with van der Waals surface area (Å²) in [6, 6.07) is 8.47. The largest absolute Gasteiger partial charge is 0.459 e. The van der Waals surface area contributed by atoms with E-state index in [-0.39, 0.29) is 18.8 Å². The molecule has 0 unspecified atom stereocenters. The summed E-state index contributed by atoms with van der Waals surface area (Å²) < 4.78 is 33.6. The predicted molar refractivity (Wildman–Crippen MR) is 116 cm³/mol. The lowest BCUT2D eigenvalue weighted by Gasteiger charge is -2.40. The van der Waals surface area contributed by atoms with Crippen molar-refractivity contribution in [1.82, 2.24) is 0 Å². The van der Waals surface area contributed by atoms with Crippen molar-refractivity contribution in [2.45, 2.75) is 39.1 Å². The summed E-state index contributed by atoms with van der Waals surface area (Å²) in [4.78, 5) is 34.9. The summed E-state index contributed by atoms with van der Waals surface area (Å²) in [5.74, 6) is -2.07. The molecule has 0 saturated heterocycles. The molecule has 1 aliphatic heterocycles. The molecule has 3 rings (SSSR count). The molecule has 0 aromatic heterocycles. The van der Waals surface area contributed by atoms with E-state index in [0.717, 1.165) is 0 Å². The molecule has 0 bridgehead atoms. The summed E-state index contributed by atoms with van der Waals surface area (Å²) in [5, 5.41) is 1.08. The van der Waals surface area contributed by atoms with Gasteiger partial charge in [0.15, 0.2) is 0 Å². The molecule has 33 heavy (non-hydrogen) atoms. The van der Waals surface area contributed by atoms with E-state index in [1.165, 1.54) is 35.0 Å². The van der Waals surface area contributed by atoms with Crippen LogP contribution < -0.4 is 9.47 Å². The topological polar surface area (TPSA) is 107 Å². The number of hydrogen-bond acceptors (Lipinski definition) is 9. The van der Waals surface area contributed by atoms with Crippen LogP contribution in [0.4, 0.5) is 0 Å². The molecular formula is C24H26O9. The first-order valence-electron chi connectivity index (χ1n) is 10.2. The van der Waals surface area contributed by atoms with Gasteiger partial charge in [0.25, 0.3) is 0 Å². The SMILES string of the molecule is CO[C@@H]1C=C(COC(C)=O)O[C@](OC)(c2ccc3c(OC(C)=O)cccc3c2OC(C)=O)C1. The minimum absolute atomic E-state index is 0.118. The van der Waals surface area contributed by atoms with Crippen molar-refractivity contribution in [3.05, 3.63) is 47.7 Å². The van der Waals surface area contributed by atoms with Crippen molar-refractivity contribution >= 4 is 28.7 Å². The fourth-order valence-electron chi connectivity index (χ4n) is 3.72. The number of ether oxygens (including phenoxy) is 6. The van der Waals surface area contributed by atoms with Crippen LogP contribution in [0.25, 0.3) is 10.8 Å². The monoisotopic (exact) mass is 458 g/mol. The molecule has 2 atom stereocenters. The Hall–Kier alpha value is -3.43. The average Bonchev–Trinajstić information content (AvgIpc) is 2.77. The summed E-state index contributed by atoms with van der Waals surface area (Å²) in [6.07, 6.45) is 1.50. The fraction of sp³-hybridized carbons (Fsp3) is 0.375. The highest BCUT2D eigenvalue weighted by atomic mass is 16.7. The van der Waals surface area contributed by atoms with Gasteiger partial charge in [0, 0.05) is 52.2 Å². The van der Waals surface area contributed by atoms with Crippen LogP contribution >= 0.6 is 0 Å². The van der Waals surface area contributed by atoms with E-state index in [4.69, 9.17) is 28.4 Å². The maximum Gasteiger partial charge on any atom is 0.308 e. The second kappa shape index (κ2) is 10.0. The fourth-order valence-corrected chi connectivity index (χ4v) is 3.72. The first-order valence-corrected chi connectivity index (χ1v) is 10.2. The first-order chi connectivity index (χ1) is 15.7. The highest BCUT2D eigenvalue weighted by Crippen LogP contribution is 2.46. The van der Waals surface area contributed by atoms with Crippen LogP contribution in [-0.2, 0) is 39.1 Å². The predicted octanol–water partition coefficient (Wildman–Crippen LogP) is 3.37. The molecule has 0 radical (unpaired) electrons. The molecular weight excluding hydrogens is 432 g/mol. The first kappa shape index (κ1) is 24.2. The number of methoxy groups -OCH3 is 2. The maximum absolute atomic E-state index is 12.0. The number of benzene rings is 2. The van der Waals surface area contributed by atoms with Gasteiger partial charge in [0.05, 0.1) is 11.7 Å². The smallest absolute Gasteiger partial charge is 0.308 e. The zero-order valence-corrected chi connectivity index (χ0v) is 19.1. The quantitative estimate of drug-likeness (QED) is 0.456.